The van der Waals surface area contributed by atoms with Crippen LogP contribution in [0, 0.1) is 17.1 Å². The van der Waals surface area contributed by atoms with E-state index < -0.39 is 0 Å². The summed E-state index contributed by atoms with van der Waals surface area (Å²) < 4.78 is 15.8. The number of aromatic amines is 1. The second-order valence-electron chi connectivity index (χ2n) is 8.01. The standard InChI is InChI=1S/C23H21FN6/c1-13-17-7-16(24)5-4-14(17)11-29(2)12-20-22(21(8-25)30(3)28-20)15-6-18-19(13)10-27-23(18)26-9-15/h4-7,9-10,13H,11-12H2,1-3H3,(H,26,27)/t13-/m1/s1. The van der Waals surface area contributed by atoms with Gasteiger partial charge in [0.05, 0.1) is 5.69 Å². The smallest absolute Gasteiger partial charge is 0.146 e. The van der Waals surface area contributed by atoms with E-state index in [1.54, 1.807) is 24.0 Å². The van der Waals surface area contributed by atoms with Crippen LogP contribution in [0.5, 0.6) is 0 Å². The van der Waals surface area contributed by atoms with Gasteiger partial charge in [0.15, 0.2) is 0 Å². The highest BCUT2D eigenvalue weighted by atomic mass is 19.1. The molecule has 0 spiro atoms. The van der Waals surface area contributed by atoms with Crippen molar-refractivity contribution in [1.29, 1.82) is 5.26 Å². The molecule has 0 unspecified atom stereocenters. The number of H-pyrrole nitrogens is 1. The second-order valence-corrected chi connectivity index (χ2v) is 8.01. The van der Waals surface area contributed by atoms with Crippen LogP contribution in [-0.2, 0) is 20.1 Å². The van der Waals surface area contributed by atoms with E-state index >= 15 is 0 Å². The molecular formula is C23H21FN6. The predicted molar refractivity (Wildman–Crippen MR) is 112 cm³/mol. The summed E-state index contributed by atoms with van der Waals surface area (Å²) in [5.41, 5.74) is 6.90. The molecule has 1 aliphatic heterocycles. The number of pyridine rings is 1. The van der Waals surface area contributed by atoms with Gasteiger partial charge in [0.2, 0.25) is 0 Å². The second kappa shape index (κ2) is 6.78. The number of nitriles is 1. The third kappa shape index (κ3) is 2.80. The Kier molecular flexibility index (Phi) is 4.19. The minimum absolute atomic E-state index is 0.0156. The van der Waals surface area contributed by atoms with Crippen molar-refractivity contribution >= 4 is 11.0 Å². The van der Waals surface area contributed by atoms with Crippen LogP contribution in [0.1, 0.15) is 40.9 Å². The summed E-state index contributed by atoms with van der Waals surface area (Å²) in [5, 5.41) is 15.4. The fourth-order valence-corrected chi connectivity index (χ4v) is 4.52. The van der Waals surface area contributed by atoms with Crippen LogP contribution in [0.25, 0.3) is 22.2 Å². The van der Waals surface area contributed by atoms with E-state index in [-0.39, 0.29) is 11.7 Å². The first-order valence-corrected chi connectivity index (χ1v) is 9.86. The third-order valence-corrected chi connectivity index (χ3v) is 5.98. The molecule has 0 amide bonds. The first-order valence-electron chi connectivity index (χ1n) is 9.86. The number of rotatable bonds is 0. The summed E-state index contributed by atoms with van der Waals surface area (Å²) in [6.45, 7) is 3.31. The molecule has 150 valence electrons. The van der Waals surface area contributed by atoms with Gasteiger partial charge in [0, 0.05) is 55.0 Å². The van der Waals surface area contributed by atoms with Gasteiger partial charge < -0.3 is 4.98 Å². The summed E-state index contributed by atoms with van der Waals surface area (Å²) in [4.78, 5) is 9.98. The maximum absolute atomic E-state index is 14.2. The lowest BCUT2D eigenvalue weighted by atomic mass is 9.88. The Labute approximate surface area is 173 Å². The molecule has 1 atom stereocenters. The molecule has 1 N–H and O–H groups in total. The van der Waals surface area contributed by atoms with Crippen molar-refractivity contribution in [2.24, 2.45) is 7.05 Å². The van der Waals surface area contributed by atoms with Gasteiger partial charge in [-0.05, 0) is 41.9 Å². The maximum atomic E-state index is 14.2. The fraction of sp³-hybridized carbons (Fsp3) is 0.261. The van der Waals surface area contributed by atoms with Gasteiger partial charge >= 0.3 is 0 Å². The molecule has 5 rings (SSSR count). The highest BCUT2D eigenvalue weighted by Gasteiger charge is 2.24. The summed E-state index contributed by atoms with van der Waals surface area (Å²) in [6.07, 6.45) is 3.74. The molecular weight excluding hydrogens is 379 g/mol. The monoisotopic (exact) mass is 400 g/mol. The zero-order valence-corrected chi connectivity index (χ0v) is 17.1. The zero-order valence-electron chi connectivity index (χ0n) is 17.1. The average Bonchev–Trinajstić information content (AvgIpc) is 3.27. The SMILES string of the molecule is C[C@@H]1c2cc(F)ccc2CN(C)Cc2nn(C)c(C#N)c2-c2cnc3[nH]cc1c3c2. The molecule has 3 aromatic heterocycles. The van der Waals surface area contributed by atoms with E-state index in [0.717, 1.165) is 44.5 Å². The lowest BCUT2D eigenvalue weighted by Crippen LogP contribution is -2.20. The quantitative estimate of drug-likeness (QED) is 0.483. The van der Waals surface area contributed by atoms with Gasteiger partial charge in [-0.25, -0.2) is 9.37 Å². The average molecular weight is 400 g/mol. The van der Waals surface area contributed by atoms with Crippen LogP contribution >= 0.6 is 0 Å². The molecule has 1 aliphatic rings. The van der Waals surface area contributed by atoms with Crippen LogP contribution in [0.4, 0.5) is 4.39 Å². The number of hydrogen-bond acceptors (Lipinski definition) is 4. The zero-order chi connectivity index (χ0) is 21.0. The van der Waals surface area contributed by atoms with Crippen LogP contribution in [-0.4, -0.2) is 31.7 Å². The molecule has 6 nitrogen and oxygen atoms in total. The molecule has 4 aromatic rings. The van der Waals surface area contributed by atoms with Gasteiger partial charge in [-0.15, -0.1) is 0 Å². The molecule has 7 heteroatoms. The summed E-state index contributed by atoms with van der Waals surface area (Å²) >= 11 is 0. The Hall–Kier alpha value is -3.50. The molecule has 2 bridgehead atoms. The molecule has 0 aliphatic carbocycles. The van der Waals surface area contributed by atoms with Gasteiger partial charge in [0.1, 0.15) is 23.2 Å². The first kappa shape index (κ1) is 18.5. The van der Waals surface area contributed by atoms with E-state index in [2.05, 4.69) is 39.0 Å². The van der Waals surface area contributed by atoms with E-state index in [9.17, 15) is 9.65 Å². The van der Waals surface area contributed by atoms with Crippen molar-refractivity contribution in [1.82, 2.24) is 24.6 Å². The Morgan fingerprint density at radius 1 is 1.20 bits per heavy atom. The topological polar surface area (TPSA) is 73.5 Å². The highest BCUT2D eigenvalue weighted by molar-refractivity contribution is 5.87. The number of hydrogen-bond donors (Lipinski definition) is 1. The first-order chi connectivity index (χ1) is 14.5. The lowest BCUT2D eigenvalue weighted by Gasteiger charge is -2.22. The van der Waals surface area contributed by atoms with Gasteiger partial charge in [-0.2, -0.15) is 10.4 Å². The number of nitrogens with one attached hydrogen (secondary N) is 1. The Morgan fingerprint density at radius 3 is 2.83 bits per heavy atom. The molecule has 0 radical (unpaired) electrons. The van der Waals surface area contributed by atoms with Crippen LogP contribution in [0.3, 0.4) is 0 Å². The number of nitrogens with zero attached hydrogens (tertiary/aromatic N) is 5. The lowest BCUT2D eigenvalue weighted by molar-refractivity contribution is 0.313. The maximum Gasteiger partial charge on any atom is 0.146 e. The number of fused-ring (bicyclic) bond motifs is 4. The van der Waals surface area contributed by atoms with Crippen LogP contribution in [0.2, 0.25) is 0 Å². The molecule has 30 heavy (non-hydrogen) atoms. The van der Waals surface area contributed by atoms with Gasteiger partial charge in [-0.3, -0.25) is 9.58 Å². The number of halogens is 1. The van der Waals surface area contributed by atoms with Crippen molar-refractivity contribution in [2.45, 2.75) is 25.9 Å². The molecule has 0 saturated carbocycles. The molecule has 4 heterocycles. The minimum atomic E-state index is -0.236. The van der Waals surface area contributed by atoms with Crippen molar-refractivity contribution in [3.63, 3.8) is 0 Å². The Bertz CT molecular complexity index is 1330. The Balaban J connectivity index is 1.82. The largest absolute Gasteiger partial charge is 0.346 e. The Morgan fingerprint density at radius 2 is 2.03 bits per heavy atom. The van der Waals surface area contributed by atoms with E-state index in [1.807, 2.05) is 19.3 Å². The summed E-state index contributed by atoms with van der Waals surface area (Å²) in [5.74, 6) is -0.252. The highest BCUT2D eigenvalue weighted by Crippen LogP contribution is 2.36. The van der Waals surface area contributed by atoms with E-state index in [0.29, 0.717) is 18.8 Å². The van der Waals surface area contributed by atoms with Crippen molar-refractivity contribution in [3.8, 4) is 17.2 Å². The number of aromatic nitrogens is 4. The van der Waals surface area contributed by atoms with Gasteiger partial charge in [-0.1, -0.05) is 13.0 Å². The fourth-order valence-electron chi connectivity index (χ4n) is 4.52. The molecule has 0 saturated heterocycles. The van der Waals surface area contributed by atoms with E-state index in [1.165, 1.54) is 6.07 Å². The summed E-state index contributed by atoms with van der Waals surface area (Å²) in [6, 6.07) is 9.37. The normalized spacial score (nSPS) is 16.6. The molecule has 0 fully saturated rings. The van der Waals surface area contributed by atoms with Crippen LogP contribution < -0.4 is 0 Å². The number of benzene rings is 1. The van der Waals surface area contributed by atoms with Crippen molar-refractivity contribution in [2.75, 3.05) is 7.05 Å². The van der Waals surface area contributed by atoms with Crippen molar-refractivity contribution < 1.29 is 4.39 Å². The number of aryl methyl sites for hydroxylation is 1. The third-order valence-electron chi connectivity index (χ3n) is 5.98. The van der Waals surface area contributed by atoms with E-state index in [4.69, 9.17) is 0 Å². The van der Waals surface area contributed by atoms with Gasteiger partial charge in [0.25, 0.3) is 0 Å². The minimum Gasteiger partial charge on any atom is -0.346 e. The van der Waals surface area contributed by atoms with Crippen molar-refractivity contribution in [3.05, 3.63) is 70.6 Å². The van der Waals surface area contributed by atoms with Crippen LogP contribution in [0.15, 0.2) is 36.7 Å². The predicted octanol–water partition coefficient (Wildman–Crippen LogP) is 4.07. The molecule has 1 aromatic carbocycles. The summed E-state index contributed by atoms with van der Waals surface area (Å²) in [7, 11) is 3.80.